The molecular formula is C9H5ClN2O3. The second kappa shape index (κ2) is 3.36. The number of non-ortho nitro benzene ring substituents is 1. The Morgan fingerprint density at radius 3 is 2.73 bits per heavy atom. The first-order chi connectivity index (χ1) is 7.11. The summed E-state index contributed by atoms with van der Waals surface area (Å²) in [5.74, 6) is 0. The SMILES string of the molecule is O=[N+]([O-])c1ccc(Cl)c2ccc[n+]([O-])c12. The number of aromatic nitrogens is 1. The second-order valence-electron chi connectivity index (χ2n) is 2.92. The first-order valence-electron chi connectivity index (χ1n) is 4.06. The van der Waals surface area contributed by atoms with Gasteiger partial charge < -0.3 is 5.21 Å². The summed E-state index contributed by atoms with van der Waals surface area (Å²) in [6.45, 7) is 0. The van der Waals surface area contributed by atoms with Gasteiger partial charge in [-0.2, -0.15) is 4.73 Å². The van der Waals surface area contributed by atoms with Crippen molar-refractivity contribution in [2.45, 2.75) is 0 Å². The van der Waals surface area contributed by atoms with E-state index in [1.54, 1.807) is 6.07 Å². The van der Waals surface area contributed by atoms with E-state index >= 15 is 0 Å². The maximum absolute atomic E-state index is 11.4. The number of nitro groups is 1. The molecule has 5 nitrogen and oxygen atoms in total. The number of pyridine rings is 1. The van der Waals surface area contributed by atoms with Gasteiger partial charge in [-0.1, -0.05) is 11.6 Å². The molecule has 2 aromatic rings. The van der Waals surface area contributed by atoms with Crippen molar-refractivity contribution < 1.29 is 9.65 Å². The molecule has 1 heterocycles. The number of halogens is 1. The van der Waals surface area contributed by atoms with E-state index in [4.69, 9.17) is 11.6 Å². The molecule has 0 bridgehead atoms. The maximum atomic E-state index is 11.4. The fraction of sp³-hybridized carbons (Fsp3) is 0. The van der Waals surface area contributed by atoms with Gasteiger partial charge in [-0.15, -0.1) is 0 Å². The molecule has 76 valence electrons. The highest BCUT2D eigenvalue weighted by molar-refractivity contribution is 6.35. The normalized spacial score (nSPS) is 10.5. The van der Waals surface area contributed by atoms with Gasteiger partial charge >= 0.3 is 11.2 Å². The smallest absolute Gasteiger partial charge is 0.342 e. The molecule has 2 rings (SSSR count). The summed E-state index contributed by atoms with van der Waals surface area (Å²) in [6.07, 6.45) is 1.20. The molecule has 1 aromatic heterocycles. The van der Waals surface area contributed by atoms with Crippen molar-refractivity contribution in [3.8, 4) is 0 Å². The van der Waals surface area contributed by atoms with Crippen molar-refractivity contribution in [3.63, 3.8) is 0 Å². The number of hydrogen-bond donors (Lipinski definition) is 0. The molecule has 0 radical (unpaired) electrons. The van der Waals surface area contributed by atoms with Crippen LogP contribution in [-0.2, 0) is 0 Å². The lowest BCUT2D eigenvalue weighted by Crippen LogP contribution is -2.26. The van der Waals surface area contributed by atoms with E-state index in [1.807, 2.05) is 0 Å². The van der Waals surface area contributed by atoms with E-state index in [2.05, 4.69) is 0 Å². The van der Waals surface area contributed by atoms with Crippen LogP contribution in [0, 0.1) is 15.3 Å². The van der Waals surface area contributed by atoms with Gasteiger partial charge in [0.15, 0.2) is 6.20 Å². The van der Waals surface area contributed by atoms with Gasteiger partial charge in [0, 0.05) is 12.1 Å². The maximum Gasteiger partial charge on any atom is 0.342 e. The van der Waals surface area contributed by atoms with Crippen LogP contribution in [0.4, 0.5) is 5.69 Å². The van der Waals surface area contributed by atoms with E-state index in [9.17, 15) is 15.3 Å². The lowest BCUT2D eigenvalue weighted by molar-refractivity contribution is -0.580. The largest absolute Gasteiger partial charge is 0.618 e. The molecule has 0 atom stereocenters. The van der Waals surface area contributed by atoms with Crippen LogP contribution in [0.5, 0.6) is 0 Å². The molecule has 0 spiro atoms. The molecule has 0 aliphatic carbocycles. The fourth-order valence-electron chi connectivity index (χ4n) is 1.40. The summed E-state index contributed by atoms with van der Waals surface area (Å²) in [5, 5.41) is 22.8. The van der Waals surface area contributed by atoms with Crippen LogP contribution in [0.3, 0.4) is 0 Å². The van der Waals surface area contributed by atoms with Crippen molar-refractivity contribution in [1.82, 2.24) is 0 Å². The fourth-order valence-corrected chi connectivity index (χ4v) is 1.62. The predicted molar refractivity (Wildman–Crippen MR) is 54.6 cm³/mol. The summed E-state index contributed by atoms with van der Waals surface area (Å²) >= 11 is 5.83. The zero-order chi connectivity index (χ0) is 11.0. The van der Waals surface area contributed by atoms with E-state index in [-0.39, 0.29) is 11.2 Å². The van der Waals surface area contributed by atoms with E-state index in [0.717, 1.165) is 0 Å². The number of nitro benzene ring substituents is 1. The lowest BCUT2D eigenvalue weighted by Gasteiger charge is -2.02. The predicted octanol–water partition coefficient (Wildman–Crippen LogP) is 2.03. The summed E-state index contributed by atoms with van der Waals surface area (Å²) < 4.78 is 0.444. The number of benzene rings is 1. The van der Waals surface area contributed by atoms with Gasteiger partial charge in [0.1, 0.15) is 0 Å². The Bertz CT molecular complexity index is 556. The van der Waals surface area contributed by atoms with Crippen LogP contribution >= 0.6 is 11.6 Å². The average Bonchev–Trinajstić information content (AvgIpc) is 2.19. The molecule has 0 aliphatic rings. The van der Waals surface area contributed by atoms with E-state index in [1.165, 1.54) is 24.4 Å². The van der Waals surface area contributed by atoms with Crippen molar-refractivity contribution in [2.24, 2.45) is 0 Å². The molecule has 0 saturated heterocycles. The van der Waals surface area contributed by atoms with Crippen LogP contribution in [0.2, 0.25) is 5.02 Å². The lowest BCUT2D eigenvalue weighted by atomic mass is 10.2. The Morgan fingerprint density at radius 1 is 1.33 bits per heavy atom. The molecule has 6 heteroatoms. The molecule has 0 amide bonds. The standard InChI is InChI=1S/C9H5ClN2O3/c10-7-3-4-8(12(14)15)9-6(7)2-1-5-11(9)13/h1-5H. The van der Waals surface area contributed by atoms with Crippen LogP contribution in [-0.4, -0.2) is 4.92 Å². The van der Waals surface area contributed by atoms with Gasteiger partial charge in [-0.05, 0) is 12.1 Å². The van der Waals surface area contributed by atoms with Gasteiger partial charge in [-0.25, -0.2) is 0 Å². The minimum Gasteiger partial charge on any atom is -0.618 e. The minimum atomic E-state index is -0.604. The highest BCUT2D eigenvalue weighted by Crippen LogP contribution is 2.28. The van der Waals surface area contributed by atoms with Crippen LogP contribution in [0.25, 0.3) is 10.9 Å². The van der Waals surface area contributed by atoms with Gasteiger partial charge in [0.2, 0.25) is 0 Å². The highest BCUT2D eigenvalue weighted by Gasteiger charge is 2.21. The molecule has 0 fully saturated rings. The summed E-state index contributed by atoms with van der Waals surface area (Å²) in [5.41, 5.74) is -0.264. The van der Waals surface area contributed by atoms with Crippen molar-refractivity contribution >= 4 is 28.2 Å². The van der Waals surface area contributed by atoms with Gasteiger partial charge in [0.25, 0.3) is 0 Å². The Hall–Kier alpha value is -1.88. The Morgan fingerprint density at radius 2 is 2.07 bits per heavy atom. The Labute approximate surface area is 89.2 Å². The Balaban J connectivity index is 2.96. The summed E-state index contributed by atoms with van der Waals surface area (Å²) in [4.78, 5) is 10.1. The molecule has 0 aliphatic heterocycles. The number of hydrogen-bond acceptors (Lipinski definition) is 3. The first-order valence-corrected chi connectivity index (χ1v) is 4.44. The van der Waals surface area contributed by atoms with E-state index < -0.39 is 4.92 Å². The first kappa shape index (κ1) is 9.67. The molecule has 0 unspecified atom stereocenters. The second-order valence-corrected chi connectivity index (χ2v) is 3.33. The third-order valence-electron chi connectivity index (χ3n) is 2.04. The van der Waals surface area contributed by atoms with Gasteiger partial charge in [-0.3, -0.25) is 10.1 Å². The Kier molecular flexibility index (Phi) is 2.17. The van der Waals surface area contributed by atoms with Crippen molar-refractivity contribution in [2.75, 3.05) is 0 Å². The molecular weight excluding hydrogens is 220 g/mol. The van der Waals surface area contributed by atoms with Crippen molar-refractivity contribution in [1.29, 1.82) is 0 Å². The molecule has 0 N–H and O–H groups in total. The van der Waals surface area contributed by atoms with Crippen LogP contribution in [0.1, 0.15) is 0 Å². The monoisotopic (exact) mass is 224 g/mol. The molecule has 15 heavy (non-hydrogen) atoms. The summed E-state index contributed by atoms with van der Waals surface area (Å²) in [7, 11) is 0. The topological polar surface area (TPSA) is 70.1 Å². The third-order valence-corrected chi connectivity index (χ3v) is 2.37. The highest BCUT2D eigenvalue weighted by atomic mass is 35.5. The molecule has 1 aromatic carbocycles. The number of fused-ring (bicyclic) bond motifs is 1. The van der Waals surface area contributed by atoms with E-state index in [0.29, 0.717) is 15.1 Å². The van der Waals surface area contributed by atoms with Crippen LogP contribution in [0.15, 0.2) is 30.5 Å². The average molecular weight is 225 g/mol. The minimum absolute atomic E-state index is 0.0185. The van der Waals surface area contributed by atoms with Gasteiger partial charge in [0.05, 0.1) is 15.3 Å². The van der Waals surface area contributed by atoms with Crippen molar-refractivity contribution in [3.05, 3.63) is 50.8 Å². The molecule has 0 saturated carbocycles. The third kappa shape index (κ3) is 1.46. The quantitative estimate of drug-likeness (QED) is 0.322. The summed E-state index contributed by atoms with van der Waals surface area (Å²) in [6, 6.07) is 5.69. The van der Waals surface area contributed by atoms with Crippen LogP contribution < -0.4 is 4.73 Å². The number of nitrogens with zero attached hydrogens (tertiary/aromatic N) is 2. The number of rotatable bonds is 1. The zero-order valence-corrected chi connectivity index (χ0v) is 8.14. The zero-order valence-electron chi connectivity index (χ0n) is 7.38.